The summed E-state index contributed by atoms with van der Waals surface area (Å²) in [5, 5.41) is 7.49. The van der Waals surface area contributed by atoms with Crippen LogP contribution in [0.5, 0.6) is 0 Å². The van der Waals surface area contributed by atoms with Crippen molar-refractivity contribution >= 4 is 11.9 Å². The molecule has 0 spiro atoms. The van der Waals surface area contributed by atoms with Gasteiger partial charge in [0.2, 0.25) is 11.9 Å². The van der Waals surface area contributed by atoms with Crippen molar-refractivity contribution in [3.63, 3.8) is 0 Å². The highest BCUT2D eigenvalue weighted by Gasteiger charge is 2.16. The summed E-state index contributed by atoms with van der Waals surface area (Å²) in [6.07, 6.45) is 6.58. The number of pyridine rings is 1. The fourth-order valence-corrected chi connectivity index (χ4v) is 2.21. The van der Waals surface area contributed by atoms with Crippen molar-refractivity contribution in [2.45, 2.75) is 26.3 Å². The zero-order valence-electron chi connectivity index (χ0n) is 13.9. The number of nitrogens with two attached hydrogens (primary N) is 1. The number of carbonyl (C=O) groups excluding carboxylic acids is 1. The van der Waals surface area contributed by atoms with E-state index in [4.69, 9.17) is 5.73 Å². The molecule has 3 heterocycles. The Hall–Kier alpha value is -3.36. The van der Waals surface area contributed by atoms with Gasteiger partial charge in [-0.25, -0.2) is 19.6 Å². The Balaban J connectivity index is 2.01. The molecule has 3 aromatic rings. The van der Waals surface area contributed by atoms with E-state index in [1.54, 1.807) is 35.5 Å². The summed E-state index contributed by atoms with van der Waals surface area (Å²) < 4.78 is 1.60. The Morgan fingerprint density at radius 1 is 1.28 bits per heavy atom. The molecule has 0 radical (unpaired) electrons. The second kappa shape index (κ2) is 7.04. The molecular formula is C16H18N8O. The molecule has 9 nitrogen and oxygen atoms in total. The number of primary amides is 1. The second-order valence-corrected chi connectivity index (χ2v) is 5.71. The van der Waals surface area contributed by atoms with Gasteiger partial charge in [-0.2, -0.15) is 5.10 Å². The number of aromatic nitrogens is 6. The molecule has 3 aromatic heterocycles. The predicted octanol–water partition coefficient (Wildman–Crippen LogP) is 0.967. The highest BCUT2D eigenvalue weighted by atomic mass is 16.1. The van der Waals surface area contributed by atoms with Gasteiger partial charge in [0.15, 0.2) is 11.6 Å². The third kappa shape index (κ3) is 3.94. The van der Waals surface area contributed by atoms with E-state index in [2.05, 4.69) is 30.4 Å². The predicted molar refractivity (Wildman–Crippen MR) is 91.8 cm³/mol. The molecule has 3 N–H and O–H groups in total. The number of carbonyl (C=O) groups is 1. The average Bonchev–Trinajstić information content (AvgIpc) is 2.99. The summed E-state index contributed by atoms with van der Waals surface area (Å²) in [6, 6.07) is 3.86. The minimum absolute atomic E-state index is 0.0475. The molecule has 1 amide bonds. The molecule has 3 rings (SSSR count). The number of rotatable bonds is 6. The van der Waals surface area contributed by atoms with Crippen molar-refractivity contribution < 1.29 is 4.79 Å². The van der Waals surface area contributed by atoms with E-state index >= 15 is 0 Å². The van der Waals surface area contributed by atoms with Gasteiger partial charge >= 0.3 is 0 Å². The summed E-state index contributed by atoms with van der Waals surface area (Å²) in [5.41, 5.74) is 6.63. The van der Waals surface area contributed by atoms with E-state index < -0.39 is 5.91 Å². The standard InChI is InChI=1S/C16H18N8O/c1-10(2)21-16-19-7-11(8-20-16)15-22-14(6-13(17)25)23-24(15)12-4-3-5-18-9-12/h3-5,7-10H,6H2,1-2H3,(H2,17,25)(H,19,20,21). The lowest BCUT2D eigenvalue weighted by Crippen LogP contribution is -2.14. The molecular weight excluding hydrogens is 320 g/mol. The van der Waals surface area contributed by atoms with Crippen LogP contribution in [0, 0.1) is 0 Å². The van der Waals surface area contributed by atoms with Crippen molar-refractivity contribution in [3.05, 3.63) is 42.7 Å². The van der Waals surface area contributed by atoms with E-state index in [1.165, 1.54) is 0 Å². The molecule has 0 bridgehead atoms. The Bertz CT molecular complexity index is 858. The molecule has 0 saturated carbocycles. The van der Waals surface area contributed by atoms with Gasteiger partial charge in [-0.3, -0.25) is 9.78 Å². The Morgan fingerprint density at radius 2 is 2.04 bits per heavy atom. The minimum Gasteiger partial charge on any atom is -0.369 e. The molecule has 0 fully saturated rings. The van der Waals surface area contributed by atoms with Gasteiger partial charge in [0.1, 0.15) is 0 Å². The quantitative estimate of drug-likeness (QED) is 0.686. The molecule has 0 aromatic carbocycles. The molecule has 0 aliphatic heterocycles. The summed E-state index contributed by atoms with van der Waals surface area (Å²) >= 11 is 0. The maximum Gasteiger partial charge on any atom is 0.225 e. The first-order chi connectivity index (χ1) is 12.0. The van der Waals surface area contributed by atoms with E-state index in [-0.39, 0.29) is 12.5 Å². The van der Waals surface area contributed by atoms with E-state index in [0.717, 1.165) is 0 Å². The summed E-state index contributed by atoms with van der Waals surface area (Å²) in [5.74, 6) is 0.877. The first-order valence-corrected chi connectivity index (χ1v) is 7.76. The zero-order chi connectivity index (χ0) is 17.8. The largest absolute Gasteiger partial charge is 0.369 e. The third-order valence-electron chi connectivity index (χ3n) is 3.20. The number of anilines is 1. The Labute approximate surface area is 144 Å². The van der Waals surface area contributed by atoms with Crippen molar-refractivity contribution in [1.29, 1.82) is 0 Å². The summed E-state index contributed by atoms with van der Waals surface area (Å²) in [6.45, 7) is 4.01. The average molecular weight is 338 g/mol. The van der Waals surface area contributed by atoms with Crippen LogP contribution in [0.4, 0.5) is 5.95 Å². The molecule has 9 heteroatoms. The number of nitrogens with one attached hydrogen (secondary N) is 1. The van der Waals surface area contributed by atoms with Crippen LogP contribution in [0.2, 0.25) is 0 Å². The van der Waals surface area contributed by atoms with Crippen LogP contribution in [0.1, 0.15) is 19.7 Å². The van der Waals surface area contributed by atoms with Crippen molar-refractivity contribution in [1.82, 2.24) is 29.7 Å². The highest BCUT2D eigenvalue weighted by molar-refractivity contribution is 5.75. The highest BCUT2D eigenvalue weighted by Crippen LogP contribution is 2.20. The Kier molecular flexibility index (Phi) is 4.64. The zero-order valence-corrected chi connectivity index (χ0v) is 13.9. The molecule has 0 unspecified atom stereocenters. The van der Waals surface area contributed by atoms with E-state index in [0.29, 0.717) is 28.8 Å². The van der Waals surface area contributed by atoms with Crippen LogP contribution in [0.3, 0.4) is 0 Å². The molecule has 128 valence electrons. The minimum atomic E-state index is -0.498. The van der Waals surface area contributed by atoms with Gasteiger partial charge in [-0.05, 0) is 26.0 Å². The second-order valence-electron chi connectivity index (χ2n) is 5.71. The van der Waals surface area contributed by atoms with Crippen LogP contribution >= 0.6 is 0 Å². The lowest BCUT2D eigenvalue weighted by molar-refractivity contribution is -0.117. The van der Waals surface area contributed by atoms with Crippen LogP contribution in [0.15, 0.2) is 36.9 Å². The number of nitrogens with zero attached hydrogens (tertiary/aromatic N) is 6. The maximum atomic E-state index is 11.2. The molecule has 0 atom stereocenters. The topological polar surface area (TPSA) is 124 Å². The van der Waals surface area contributed by atoms with Crippen LogP contribution in [0.25, 0.3) is 17.1 Å². The number of amides is 1. The third-order valence-corrected chi connectivity index (χ3v) is 3.20. The van der Waals surface area contributed by atoms with E-state index in [1.807, 2.05) is 19.9 Å². The van der Waals surface area contributed by atoms with Crippen LogP contribution < -0.4 is 11.1 Å². The van der Waals surface area contributed by atoms with Gasteiger partial charge in [0.05, 0.1) is 23.9 Å². The van der Waals surface area contributed by atoms with Crippen molar-refractivity contribution in [2.24, 2.45) is 5.73 Å². The summed E-state index contributed by atoms with van der Waals surface area (Å²) in [7, 11) is 0. The molecule has 0 saturated heterocycles. The molecule has 0 aliphatic carbocycles. The van der Waals surface area contributed by atoms with Gasteiger partial charge in [-0.15, -0.1) is 0 Å². The van der Waals surface area contributed by atoms with E-state index in [9.17, 15) is 4.79 Å². The lowest BCUT2D eigenvalue weighted by Gasteiger charge is -2.08. The van der Waals surface area contributed by atoms with Crippen molar-refractivity contribution in [3.8, 4) is 17.1 Å². The maximum absolute atomic E-state index is 11.2. The van der Waals surface area contributed by atoms with Crippen LogP contribution in [-0.2, 0) is 11.2 Å². The first kappa shape index (κ1) is 16.5. The molecule has 0 aliphatic rings. The fourth-order valence-electron chi connectivity index (χ4n) is 2.21. The number of hydrogen-bond acceptors (Lipinski definition) is 7. The van der Waals surface area contributed by atoms with Gasteiger partial charge in [0, 0.05) is 24.6 Å². The summed E-state index contributed by atoms with van der Waals surface area (Å²) in [4.78, 5) is 28.3. The van der Waals surface area contributed by atoms with Gasteiger partial charge in [0.25, 0.3) is 0 Å². The number of hydrogen-bond donors (Lipinski definition) is 2. The van der Waals surface area contributed by atoms with Gasteiger partial charge in [-0.1, -0.05) is 0 Å². The fraction of sp³-hybridized carbons (Fsp3) is 0.250. The SMILES string of the molecule is CC(C)Nc1ncc(-c2nc(CC(N)=O)nn2-c2cccnc2)cn1. The lowest BCUT2D eigenvalue weighted by atomic mass is 10.3. The van der Waals surface area contributed by atoms with Crippen LogP contribution in [-0.4, -0.2) is 41.7 Å². The van der Waals surface area contributed by atoms with Crippen molar-refractivity contribution in [2.75, 3.05) is 5.32 Å². The first-order valence-electron chi connectivity index (χ1n) is 7.76. The van der Waals surface area contributed by atoms with Gasteiger partial charge < -0.3 is 11.1 Å². The smallest absolute Gasteiger partial charge is 0.225 e. The monoisotopic (exact) mass is 338 g/mol. The molecule has 25 heavy (non-hydrogen) atoms. The normalized spacial score (nSPS) is 10.8. The Morgan fingerprint density at radius 3 is 2.64 bits per heavy atom.